The smallest absolute Gasteiger partial charge is 0.256 e. The van der Waals surface area contributed by atoms with Crippen LogP contribution in [0.2, 0.25) is 5.02 Å². The van der Waals surface area contributed by atoms with E-state index in [0.29, 0.717) is 35.1 Å². The van der Waals surface area contributed by atoms with Crippen molar-refractivity contribution in [1.29, 1.82) is 0 Å². The van der Waals surface area contributed by atoms with E-state index in [9.17, 15) is 4.79 Å². The van der Waals surface area contributed by atoms with E-state index in [4.69, 9.17) is 22.1 Å². The van der Waals surface area contributed by atoms with Crippen LogP contribution in [-0.4, -0.2) is 48.3 Å². The molecule has 7 heteroatoms. The Kier molecular flexibility index (Phi) is 4.66. The van der Waals surface area contributed by atoms with Crippen molar-refractivity contribution in [3.8, 4) is 5.75 Å². The van der Waals surface area contributed by atoms with Crippen LogP contribution in [0.3, 0.4) is 0 Å². The molecule has 3 rings (SSSR count). The fourth-order valence-corrected chi connectivity index (χ4v) is 3.64. The van der Waals surface area contributed by atoms with Crippen LogP contribution in [0, 0.1) is 0 Å². The number of carbonyl (C=O) groups excluding carboxylic acids is 1. The second-order valence-corrected chi connectivity index (χ2v) is 6.21. The summed E-state index contributed by atoms with van der Waals surface area (Å²) in [5, 5.41) is 7.96. The maximum Gasteiger partial charge on any atom is 0.256 e. The fourth-order valence-electron chi connectivity index (χ4n) is 3.42. The third kappa shape index (κ3) is 2.86. The van der Waals surface area contributed by atoms with Gasteiger partial charge in [0.25, 0.3) is 5.91 Å². The molecule has 2 heterocycles. The number of nitrogen functional groups attached to an aromatic ring is 1. The Labute approximate surface area is 141 Å². The molecular formula is C16H23ClN4O2. The normalized spacial score (nSPS) is 21.3. The third-order valence-corrected chi connectivity index (χ3v) is 4.90. The number of ether oxygens (including phenoxy) is 1. The molecule has 0 spiro atoms. The van der Waals surface area contributed by atoms with Crippen LogP contribution in [-0.2, 0) is 6.42 Å². The summed E-state index contributed by atoms with van der Waals surface area (Å²) in [5.74, 6) is 0.421. The van der Waals surface area contributed by atoms with E-state index in [1.54, 1.807) is 6.07 Å². The number of fused-ring (bicyclic) bond motifs is 1. The minimum Gasteiger partial charge on any atom is -0.492 e. The molecule has 0 aromatic heterocycles. The lowest BCUT2D eigenvalue weighted by Gasteiger charge is -2.30. The minimum atomic E-state index is -0.161. The summed E-state index contributed by atoms with van der Waals surface area (Å²) < 4.78 is 5.62. The summed E-state index contributed by atoms with van der Waals surface area (Å²) >= 11 is 6.18. The first-order chi connectivity index (χ1) is 11.1. The summed E-state index contributed by atoms with van der Waals surface area (Å²) in [6.07, 6.45) is 1.59. The number of hydrogen-bond donors (Lipinski definition) is 2. The first kappa shape index (κ1) is 16.4. The Morgan fingerprint density at radius 3 is 2.96 bits per heavy atom. The monoisotopic (exact) mass is 338 g/mol. The second kappa shape index (κ2) is 6.55. The number of halogens is 1. The number of carbonyl (C=O) groups is 1. The summed E-state index contributed by atoms with van der Waals surface area (Å²) in [7, 11) is 0. The van der Waals surface area contributed by atoms with Crippen LogP contribution >= 0.6 is 11.6 Å². The number of nitrogens with zero attached hydrogens (tertiary/aromatic N) is 2. The molecule has 0 aliphatic carbocycles. The molecule has 1 fully saturated rings. The summed E-state index contributed by atoms with van der Waals surface area (Å²) in [4.78, 5) is 12.7. The van der Waals surface area contributed by atoms with Crippen molar-refractivity contribution in [2.24, 2.45) is 0 Å². The van der Waals surface area contributed by atoms with E-state index in [2.05, 4.69) is 29.2 Å². The molecule has 1 aromatic rings. The summed E-state index contributed by atoms with van der Waals surface area (Å²) in [6.45, 7) is 7.49. The van der Waals surface area contributed by atoms with Crippen molar-refractivity contribution < 1.29 is 9.53 Å². The van der Waals surface area contributed by atoms with Crippen LogP contribution < -0.4 is 15.8 Å². The van der Waals surface area contributed by atoms with E-state index in [1.165, 1.54) is 0 Å². The van der Waals surface area contributed by atoms with Gasteiger partial charge in [0.05, 0.1) is 29.0 Å². The van der Waals surface area contributed by atoms with Gasteiger partial charge in [-0.2, -0.15) is 0 Å². The predicted molar refractivity (Wildman–Crippen MR) is 90.6 cm³/mol. The Morgan fingerprint density at radius 1 is 1.48 bits per heavy atom. The Balaban J connectivity index is 1.82. The molecule has 23 heavy (non-hydrogen) atoms. The lowest BCUT2D eigenvalue weighted by molar-refractivity contribution is -0.00196. The molecule has 1 unspecified atom stereocenters. The molecule has 0 radical (unpaired) electrons. The van der Waals surface area contributed by atoms with Crippen molar-refractivity contribution in [1.82, 2.24) is 15.3 Å². The highest BCUT2D eigenvalue weighted by Gasteiger charge is 2.32. The first-order valence-corrected chi connectivity index (χ1v) is 8.50. The van der Waals surface area contributed by atoms with Gasteiger partial charge in [-0.05, 0) is 12.5 Å². The maximum absolute atomic E-state index is 12.7. The lowest BCUT2D eigenvalue weighted by Crippen LogP contribution is -2.49. The van der Waals surface area contributed by atoms with Crippen molar-refractivity contribution in [3.63, 3.8) is 0 Å². The maximum atomic E-state index is 12.7. The first-order valence-electron chi connectivity index (χ1n) is 8.12. The summed E-state index contributed by atoms with van der Waals surface area (Å²) in [5.41, 5.74) is 7.82. The van der Waals surface area contributed by atoms with E-state index < -0.39 is 0 Å². The zero-order valence-electron chi connectivity index (χ0n) is 13.6. The quantitative estimate of drug-likeness (QED) is 0.820. The van der Waals surface area contributed by atoms with E-state index in [1.807, 2.05) is 0 Å². The van der Waals surface area contributed by atoms with Crippen LogP contribution in [0.4, 0.5) is 5.69 Å². The molecule has 1 aromatic carbocycles. The van der Waals surface area contributed by atoms with Gasteiger partial charge in [-0.3, -0.25) is 4.79 Å². The largest absolute Gasteiger partial charge is 0.492 e. The highest BCUT2D eigenvalue weighted by molar-refractivity contribution is 6.33. The van der Waals surface area contributed by atoms with E-state index >= 15 is 0 Å². The van der Waals surface area contributed by atoms with Crippen molar-refractivity contribution in [3.05, 3.63) is 22.2 Å². The van der Waals surface area contributed by atoms with E-state index in [0.717, 1.165) is 31.6 Å². The van der Waals surface area contributed by atoms with Gasteiger partial charge < -0.3 is 15.8 Å². The zero-order chi connectivity index (χ0) is 16.6. The topological polar surface area (TPSA) is 70.8 Å². The number of nitrogens with two attached hydrogens (primary N) is 1. The highest BCUT2D eigenvalue weighted by Crippen LogP contribution is 2.38. The minimum absolute atomic E-state index is 0.000770. The molecular weight excluding hydrogens is 316 g/mol. The molecule has 0 saturated carbocycles. The Hall–Kier alpha value is -1.50. The molecule has 2 aliphatic heterocycles. The average Bonchev–Trinajstić information content (AvgIpc) is 3.17. The molecule has 1 saturated heterocycles. The van der Waals surface area contributed by atoms with Gasteiger partial charge in [0.15, 0.2) is 0 Å². The number of hydrazine groups is 1. The van der Waals surface area contributed by atoms with Crippen LogP contribution in [0.25, 0.3) is 0 Å². The highest BCUT2D eigenvalue weighted by atomic mass is 35.5. The third-order valence-electron chi connectivity index (χ3n) is 4.59. The predicted octanol–water partition coefficient (Wildman–Crippen LogP) is 1.88. The lowest BCUT2D eigenvalue weighted by atomic mass is 10.0. The van der Waals surface area contributed by atoms with Crippen LogP contribution in [0.1, 0.15) is 36.2 Å². The fraction of sp³-hybridized carbons (Fsp3) is 0.562. The summed E-state index contributed by atoms with van der Waals surface area (Å²) in [6, 6.07) is 1.61. The number of amides is 1. The molecule has 0 bridgehead atoms. The molecule has 3 N–H and O–H groups in total. The van der Waals surface area contributed by atoms with Crippen molar-refractivity contribution >= 4 is 23.2 Å². The van der Waals surface area contributed by atoms with Gasteiger partial charge in [0.2, 0.25) is 0 Å². The number of nitrogens with one attached hydrogen (secondary N) is 1. The number of rotatable bonds is 4. The van der Waals surface area contributed by atoms with E-state index in [-0.39, 0.29) is 12.1 Å². The molecule has 6 nitrogen and oxygen atoms in total. The van der Waals surface area contributed by atoms with Gasteiger partial charge in [-0.25, -0.2) is 10.0 Å². The zero-order valence-corrected chi connectivity index (χ0v) is 14.3. The van der Waals surface area contributed by atoms with Gasteiger partial charge in [0.1, 0.15) is 5.75 Å². The number of anilines is 1. The van der Waals surface area contributed by atoms with Crippen LogP contribution in [0.15, 0.2) is 6.07 Å². The van der Waals surface area contributed by atoms with Gasteiger partial charge in [-0.1, -0.05) is 25.4 Å². The standard InChI is InChI=1S/C16H23ClN4O2/c1-3-20-7-5-13(21(20)4-2)19-16(22)11-9-12(17)14(18)10-6-8-23-15(10)11/h9,13H,3-8,18H2,1-2H3,(H,19,22). The molecule has 1 atom stereocenters. The number of benzene rings is 1. The van der Waals surface area contributed by atoms with Crippen LogP contribution in [0.5, 0.6) is 5.75 Å². The van der Waals surface area contributed by atoms with Gasteiger partial charge in [-0.15, -0.1) is 0 Å². The van der Waals surface area contributed by atoms with Crippen molar-refractivity contribution in [2.75, 3.05) is 32.0 Å². The van der Waals surface area contributed by atoms with Gasteiger partial charge >= 0.3 is 0 Å². The van der Waals surface area contributed by atoms with Gasteiger partial charge in [0, 0.05) is 31.6 Å². The molecule has 126 valence electrons. The Bertz CT molecular complexity index is 623. The Morgan fingerprint density at radius 2 is 2.26 bits per heavy atom. The molecule has 1 amide bonds. The number of hydrogen-bond acceptors (Lipinski definition) is 5. The molecule has 2 aliphatic rings. The second-order valence-electron chi connectivity index (χ2n) is 5.81. The average molecular weight is 339 g/mol. The SMILES string of the molecule is CCN1CCC(NC(=O)c2cc(Cl)c(N)c3c2OCC3)N1CC. The van der Waals surface area contributed by atoms with Crippen molar-refractivity contribution in [2.45, 2.75) is 32.9 Å².